The second-order valence-corrected chi connectivity index (χ2v) is 6.14. The molecule has 2 aromatic heterocycles. The monoisotopic (exact) mass is 341 g/mol. The van der Waals surface area contributed by atoms with E-state index < -0.39 is 5.60 Å². The Balaban J connectivity index is 1.71. The first-order valence-electron chi connectivity index (χ1n) is 7.88. The molecule has 0 spiro atoms. The van der Waals surface area contributed by atoms with Crippen LogP contribution in [0.15, 0.2) is 51.8 Å². The molecule has 3 rings (SSSR count). The maximum atomic E-state index is 12.2. The van der Waals surface area contributed by atoms with Gasteiger partial charge in [0, 0.05) is 5.39 Å². The summed E-state index contributed by atoms with van der Waals surface area (Å²) >= 11 is 0. The molecule has 0 saturated heterocycles. The van der Waals surface area contributed by atoms with Crippen LogP contribution in [0.4, 0.5) is 0 Å². The van der Waals surface area contributed by atoms with Gasteiger partial charge >= 0.3 is 0 Å². The molecule has 0 aliphatic heterocycles. The van der Waals surface area contributed by atoms with Gasteiger partial charge in [-0.2, -0.15) is 5.10 Å². The Morgan fingerprint density at radius 1 is 1.32 bits per heavy atom. The predicted molar refractivity (Wildman–Crippen MR) is 92.0 cm³/mol. The van der Waals surface area contributed by atoms with Crippen molar-refractivity contribution in [3.05, 3.63) is 64.3 Å². The number of nitrogens with zero attached hydrogens (tertiary/aromatic N) is 2. The average molecular weight is 341 g/mol. The van der Waals surface area contributed by atoms with Gasteiger partial charge < -0.3 is 14.8 Å². The first-order valence-corrected chi connectivity index (χ1v) is 7.88. The van der Waals surface area contributed by atoms with Crippen LogP contribution in [0.25, 0.3) is 10.9 Å². The normalized spacial score (nSPS) is 13.6. The second kappa shape index (κ2) is 6.52. The fourth-order valence-electron chi connectivity index (χ4n) is 2.56. The van der Waals surface area contributed by atoms with Crippen molar-refractivity contribution >= 4 is 16.8 Å². The first kappa shape index (κ1) is 16.9. The summed E-state index contributed by atoms with van der Waals surface area (Å²) in [6, 6.07) is 10.4. The number of nitrogens with one attached hydrogen (secondary N) is 1. The molecule has 1 atom stereocenters. The minimum absolute atomic E-state index is 0.00306. The maximum Gasteiger partial charge on any atom is 0.241 e. The predicted octanol–water partition coefficient (Wildman–Crippen LogP) is 1.32. The minimum atomic E-state index is -1.32. The highest BCUT2D eigenvalue weighted by molar-refractivity contribution is 5.81. The Morgan fingerprint density at radius 2 is 2.08 bits per heavy atom. The smallest absolute Gasteiger partial charge is 0.241 e. The lowest BCUT2D eigenvalue weighted by Gasteiger charge is -2.21. The summed E-state index contributed by atoms with van der Waals surface area (Å²) in [7, 11) is 0. The number of aryl methyl sites for hydroxylation is 1. The molecule has 1 amide bonds. The van der Waals surface area contributed by atoms with E-state index in [9.17, 15) is 14.7 Å². The van der Waals surface area contributed by atoms with Crippen LogP contribution >= 0.6 is 0 Å². The Labute approximate surface area is 143 Å². The molecule has 3 aromatic rings. The van der Waals surface area contributed by atoms with Gasteiger partial charge in [-0.15, -0.1) is 0 Å². The standard InChI is InChI=1S/C18H19N3O4/c1-12-7-8-16(25-12)18(2,24)11-19-17(23)10-21-14-6-4-3-5-13(14)15(22)9-20-21/h3-9,24H,10-11H2,1-2H3,(H,19,23). The van der Waals surface area contributed by atoms with Gasteiger partial charge in [0.2, 0.25) is 11.3 Å². The van der Waals surface area contributed by atoms with Crippen LogP contribution in [-0.4, -0.2) is 27.3 Å². The van der Waals surface area contributed by atoms with Crippen LogP contribution < -0.4 is 10.7 Å². The van der Waals surface area contributed by atoms with E-state index >= 15 is 0 Å². The molecule has 0 bridgehead atoms. The van der Waals surface area contributed by atoms with Crippen molar-refractivity contribution in [1.29, 1.82) is 0 Å². The number of carbonyl (C=O) groups excluding carboxylic acids is 1. The molecular weight excluding hydrogens is 322 g/mol. The lowest BCUT2D eigenvalue weighted by atomic mass is 10.0. The van der Waals surface area contributed by atoms with Gasteiger partial charge in [0.25, 0.3) is 0 Å². The van der Waals surface area contributed by atoms with Gasteiger partial charge in [0.15, 0.2) is 0 Å². The van der Waals surface area contributed by atoms with Crippen LogP contribution in [0.2, 0.25) is 0 Å². The number of aromatic nitrogens is 2. The summed E-state index contributed by atoms with van der Waals surface area (Å²) in [6.45, 7) is 3.29. The van der Waals surface area contributed by atoms with Crippen molar-refractivity contribution in [3.8, 4) is 0 Å². The largest absolute Gasteiger partial charge is 0.463 e. The molecule has 1 aromatic carbocycles. The summed E-state index contributed by atoms with van der Waals surface area (Å²) in [5, 5.41) is 17.6. The quantitative estimate of drug-likeness (QED) is 0.729. The summed E-state index contributed by atoms with van der Waals surface area (Å²) in [5.74, 6) is 0.743. The molecule has 0 fully saturated rings. The number of benzene rings is 1. The van der Waals surface area contributed by atoms with Gasteiger partial charge in [-0.3, -0.25) is 14.3 Å². The molecule has 0 aliphatic carbocycles. The lowest BCUT2D eigenvalue weighted by molar-refractivity contribution is -0.123. The number of para-hydroxylation sites is 1. The number of amides is 1. The molecule has 2 heterocycles. The zero-order chi connectivity index (χ0) is 18.0. The van der Waals surface area contributed by atoms with Crippen molar-refractivity contribution in [3.63, 3.8) is 0 Å². The van der Waals surface area contributed by atoms with Crippen molar-refractivity contribution in [2.24, 2.45) is 0 Å². The SMILES string of the molecule is Cc1ccc(C(C)(O)CNC(=O)Cn2ncc(=O)c3ccccc32)o1. The van der Waals surface area contributed by atoms with Crippen LogP contribution in [0, 0.1) is 6.92 Å². The zero-order valence-corrected chi connectivity index (χ0v) is 14.0. The molecule has 0 radical (unpaired) electrons. The molecule has 25 heavy (non-hydrogen) atoms. The van der Waals surface area contributed by atoms with E-state index in [1.54, 1.807) is 50.2 Å². The van der Waals surface area contributed by atoms with Crippen molar-refractivity contribution in [2.45, 2.75) is 26.0 Å². The summed E-state index contributed by atoms with van der Waals surface area (Å²) in [5.41, 5.74) is -0.926. The van der Waals surface area contributed by atoms with Crippen LogP contribution in [-0.2, 0) is 16.9 Å². The maximum absolute atomic E-state index is 12.2. The molecule has 7 nitrogen and oxygen atoms in total. The molecule has 0 saturated carbocycles. The third kappa shape index (κ3) is 3.61. The zero-order valence-electron chi connectivity index (χ0n) is 14.0. The number of rotatable bonds is 5. The van der Waals surface area contributed by atoms with Crippen LogP contribution in [0.1, 0.15) is 18.4 Å². The highest BCUT2D eigenvalue weighted by Gasteiger charge is 2.27. The van der Waals surface area contributed by atoms with Gasteiger partial charge in [0.05, 0.1) is 18.3 Å². The number of aliphatic hydroxyl groups is 1. The van der Waals surface area contributed by atoms with Gasteiger partial charge in [-0.05, 0) is 38.1 Å². The van der Waals surface area contributed by atoms with Gasteiger partial charge in [-0.1, -0.05) is 12.1 Å². The first-order chi connectivity index (χ1) is 11.9. The topological polar surface area (TPSA) is 97.4 Å². The number of hydrogen-bond acceptors (Lipinski definition) is 5. The molecule has 2 N–H and O–H groups in total. The second-order valence-electron chi connectivity index (χ2n) is 6.14. The van der Waals surface area contributed by atoms with Crippen molar-refractivity contribution in [1.82, 2.24) is 15.1 Å². The van der Waals surface area contributed by atoms with E-state index in [1.807, 2.05) is 0 Å². The highest BCUT2D eigenvalue weighted by Crippen LogP contribution is 2.21. The Bertz CT molecular complexity index is 972. The molecule has 7 heteroatoms. The number of hydrogen-bond donors (Lipinski definition) is 2. The molecule has 0 aliphatic rings. The van der Waals surface area contributed by atoms with Gasteiger partial charge in [0.1, 0.15) is 23.7 Å². The summed E-state index contributed by atoms with van der Waals surface area (Å²) in [4.78, 5) is 24.0. The van der Waals surface area contributed by atoms with E-state index in [1.165, 1.54) is 10.9 Å². The van der Waals surface area contributed by atoms with Crippen molar-refractivity contribution < 1.29 is 14.3 Å². The van der Waals surface area contributed by atoms with E-state index in [0.717, 1.165) is 0 Å². The minimum Gasteiger partial charge on any atom is -0.463 e. The molecule has 130 valence electrons. The fourth-order valence-corrected chi connectivity index (χ4v) is 2.56. The lowest BCUT2D eigenvalue weighted by Crippen LogP contribution is -2.40. The van der Waals surface area contributed by atoms with Crippen LogP contribution in [0.3, 0.4) is 0 Å². The molecule has 1 unspecified atom stereocenters. The average Bonchev–Trinajstić information content (AvgIpc) is 3.03. The fraction of sp³-hybridized carbons (Fsp3) is 0.278. The third-order valence-electron chi connectivity index (χ3n) is 3.96. The van der Waals surface area contributed by atoms with E-state index in [0.29, 0.717) is 22.4 Å². The highest BCUT2D eigenvalue weighted by atomic mass is 16.4. The Hall–Kier alpha value is -2.93. The van der Waals surface area contributed by atoms with E-state index in [-0.39, 0.29) is 24.4 Å². The summed E-state index contributed by atoms with van der Waals surface area (Å²) < 4.78 is 6.87. The van der Waals surface area contributed by atoms with Crippen molar-refractivity contribution in [2.75, 3.05) is 6.54 Å². The Kier molecular flexibility index (Phi) is 4.41. The Morgan fingerprint density at radius 3 is 2.80 bits per heavy atom. The number of fused-ring (bicyclic) bond motifs is 1. The number of carbonyl (C=O) groups is 1. The number of furan rings is 1. The molecular formula is C18H19N3O4. The van der Waals surface area contributed by atoms with E-state index in [4.69, 9.17) is 4.42 Å². The third-order valence-corrected chi connectivity index (χ3v) is 3.96. The van der Waals surface area contributed by atoms with E-state index in [2.05, 4.69) is 10.4 Å². The summed E-state index contributed by atoms with van der Waals surface area (Å²) in [6.07, 6.45) is 1.19. The van der Waals surface area contributed by atoms with Gasteiger partial charge in [-0.25, -0.2) is 0 Å². The van der Waals surface area contributed by atoms with Crippen LogP contribution in [0.5, 0.6) is 0 Å².